The smallest absolute Gasteiger partial charge is 0.129 e. The van der Waals surface area contributed by atoms with E-state index in [1.807, 2.05) is 19.9 Å². The standard InChI is InChI=1S/C11H19N3O/c1-5-15-11(3,4)8-13-10-6-7-12-9(2)14-10/h6-7H,5,8H2,1-4H3,(H,12,13,14). The molecule has 0 aromatic carbocycles. The third kappa shape index (κ3) is 4.25. The van der Waals surface area contributed by atoms with Crippen molar-refractivity contribution >= 4 is 5.82 Å². The van der Waals surface area contributed by atoms with Crippen LogP contribution in [0.1, 0.15) is 26.6 Å². The minimum Gasteiger partial charge on any atom is -0.374 e. The first-order chi connectivity index (χ1) is 7.03. The van der Waals surface area contributed by atoms with E-state index in [1.54, 1.807) is 6.20 Å². The van der Waals surface area contributed by atoms with Gasteiger partial charge in [0.15, 0.2) is 0 Å². The molecule has 0 bridgehead atoms. The summed E-state index contributed by atoms with van der Waals surface area (Å²) in [6.45, 7) is 9.43. The zero-order valence-electron chi connectivity index (χ0n) is 9.87. The number of hydrogen-bond donors (Lipinski definition) is 1. The lowest BCUT2D eigenvalue weighted by molar-refractivity contribution is 0.000638. The number of aromatic nitrogens is 2. The highest BCUT2D eigenvalue weighted by atomic mass is 16.5. The maximum atomic E-state index is 5.58. The van der Waals surface area contributed by atoms with Crippen LogP contribution in [0.4, 0.5) is 5.82 Å². The number of nitrogens with one attached hydrogen (secondary N) is 1. The Balaban J connectivity index is 2.49. The van der Waals surface area contributed by atoms with E-state index in [4.69, 9.17) is 4.74 Å². The number of anilines is 1. The second-order valence-electron chi connectivity index (χ2n) is 4.04. The molecule has 4 heteroatoms. The van der Waals surface area contributed by atoms with Crippen molar-refractivity contribution in [2.24, 2.45) is 0 Å². The highest BCUT2D eigenvalue weighted by Gasteiger charge is 2.17. The van der Waals surface area contributed by atoms with Crippen LogP contribution in [0.25, 0.3) is 0 Å². The highest BCUT2D eigenvalue weighted by Crippen LogP contribution is 2.10. The van der Waals surface area contributed by atoms with Crippen molar-refractivity contribution < 1.29 is 4.74 Å². The summed E-state index contributed by atoms with van der Waals surface area (Å²) in [5, 5.41) is 3.23. The molecule has 0 unspecified atom stereocenters. The molecular formula is C11H19N3O. The molecule has 0 fully saturated rings. The van der Waals surface area contributed by atoms with Gasteiger partial charge in [0.25, 0.3) is 0 Å². The second-order valence-corrected chi connectivity index (χ2v) is 4.04. The molecule has 0 atom stereocenters. The predicted octanol–water partition coefficient (Wildman–Crippen LogP) is 2.01. The molecular weight excluding hydrogens is 190 g/mol. The number of hydrogen-bond acceptors (Lipinski definition) is 4. The summed E-state index contributed by atoms with van der Waals surface area (Å²) in [7, 11) is 0. The lowest BCUT2D eigenvalue weighted by Crippen LogP contribution is -2.33. The summed E-state index contributed by atoms with van der Waals surface area (Å²) in [6, 6.07) is 1.86. The molecule has 0 aliphatic carbocycles. The monoisotopic (exact) mass is 209 g/mol. The Morgan fingerprint density at radius 1 is 1.47 bits per heavy atom. The lowest BCUT2D eigenvalue weighted by atomic mass is 10.1. The van der Waals surface area contributed by atoms with Crippen molar-refractivity contribution in [1.29, 1.82) is 0 Å². The average Bonchev–Trinajstić information content (AvgIpc) is 2.15. The van der Waals surface area contributed by atoms with Crippen LogP contribution in [0.3, 0.4) is 0 Å². The van der Waals surface area contributed by atoms with Crippen LogP contribution in [0.15, 0.2) is 12.3 Å². The van der Waals surface area contributed by atoms with Gasteiger partial charge in [-0.25, -0.2) is 9.97 Å². The van der Waals surface area contributed by atoms with E-state index in [-0.39, 0.29) is 5.60 Å². The summed E-state index contributed by atoms with van der Waals surface area (Å²) in [6.07, 6.45) is 1.75. The first-order valence-corrected chi connectivity index (χ1v) is 5.21. The molecule has 0 aliphatic rings. The van der Waals surface area contributed by atoms with Crippen LogP contribution in [0, 0.1) is 6.92 Å². The molecule has 1 rings (SSSR count). The average molecular weight is 209 g/mol. The fourth-order valence-corrected chi connectivity index (χ4v) is 1.30. The van der Waals surface area contributed by atoms with Gasteiger partial charge in [0.05, 0.1) is 5.60 Å². The summed E-state index contributed by atoms with van der Waals surface area (Å²) in [4.78, 5) is 8.30. The predicted molar refractivity (Wildman–Crippen MR) is 61.0 cm³/mol. The van der Waals surface area contributed by atoms with E-state index in [9.17, 15) is 0 Å². The van der Waals surface area contributed by atoms with Crippen molar-refractivity contribution in [3.63, 3.8) is 0 Å². The fraction of sp³-hybridized carbons (Fsp3) is 0.636. The van der Waals surface area contributed by atoms with Gasteiger partial charge in [-0.15, -0.1) is 0 Å². The van der Waals surface area contributed by atoms with Crippen LogP contribution < -0.4 is 5.32 Å². The Bertz CT molecular complexity index is 312. The van der Waals surface area contributed by atoms with Crippen LogP contribution >= 0.6 is 0 Å². The van der Waals surface area contributed by atoms with Crippen LogP contribution in [0.5, 0.6) is 0 Å². The molecule has 0 aliphatic heterocycles. The maximum Gasteiger partial charge on any atom is 0.129 e. The van der Waals surface area contributed by atoms with Gasteiger partial charge in [-0.05, 0) is 33.8 Å². The number of rotatable bonds is 5. The normalized spacial score (nSPS) is 11.5. The molecule has 15 heavy (non-hydrogen) atoms. The number of ether oxygens (including phenoxy) is 1. The van der Waals surface area contributed by atoms with Crippen molar-refractivity contribution in [3.05, 3.63) is 18.1 Å². The molecule has 84 valence electrons. The van der Waals surface area contributed by atoms with Gasteiger partial charge < -0.3 is 10.1 Å². The zero-order chi connectivity index (χ0) is 11.3. The third-order valence-corrected chi connectivity index (χ3v) is 2.01. The van der Waals surface area contributed by atoms with Crippen LogP contribution in [-0.2, 0) is 4.74 Å². The summed E-state index contributed by atoms with van der Waals surface area (Å²) < 4.78 is 5.58. The quantitative estimate of drug-likeness (QED) is 0.806. The minimum absolute atomic E-state index is 0.173. The molecule has 0 spiro atoms. The van der Waals surface area contributed by atoms with Crippen molar-refractivity contribution in [2.75, 3.05) is 18.5 Å². The Hall–Kier alpha value is -1.16. The van der Waals surface area contributed by atoms with E-state index < -0.39 is 0 Å². The first-order valence-electron chi connectivity index (χ1n) is 5.21. The minimum atomic E-state index is -0.173. The SMILES string of the molecule is CCOC(C)(C)CNc1ccnc(C)n1. The molecule has 1 heterocycles. The Morgan fingerprint density at radius 2 is 2.20 bits per heavy atom. The highest BCUT2D eigenvalue weighted by molar-refractivity contribution is 5.33. The van der Waals surface area contributed by atoms with Gasteiger partial charge >= 0.3 is 0 Å². The summed E-state index contributed by atoms with van der Waals surface area (Å²) in [5.41, 5.74) is -0.173. The van der Waals surface area contributed by atoms with Crippen molar-refractivity contribution in [2.45, 2.75) is 33.3 Å². The van der Waals surface area contributed by atoms with Gasteiger partial charge in [0.2, 0.25) is 0 Å². The fourth-order valence-electron chi connectivity index (χ4n) is 1.30. The molecule has 1 aromatic heterocycles. The van der Waals surface area contributed by atoms with E-state index in [1.165, 1.54) is 0 Å². The van der Waals surface area contributed by atoms with Gasteiger partial charge in [-0.3, -0.25) is 0 Å². The second kappa shape index (κ2) is 5.07. The topological polar surface area (TPSA) is 47.0 Å². The molecule has 4 nitrogen and oxygen atoms in total. The first kappa shape index (κ1) is 11.9. The van der Waals surface area contributed by atoms with E-state index in [2.05, 4.69) is 29.1 Å². The van der Waals surface area contributed by atoms with E-state index in [0.717, 1.165) is 24.8 Å². The number of aryl methyl sites for hydroxylation is 1. The third-order valence-electron chi connectivity index (χ3n) is 2.01. The van der Waals surface area contributed by atoms with Crippen molar-refractivity contribution in [1.82, 2.24) is 9.97 Å². The Kier molecular flexibility index (Phi) is 4.03. The van der Waals surface area contributed by atoms with E-state index in [0.29, 0.717) is 0 Å². The summed E-state index contributed by atoms with van der Waals surface area (Å²) >= 11 is 0. The molecule has 0 saturated heterocycles. The van der Waals surface area contributed by atoms with Crippen LogP contribution in [-0.4, -0.2) is 28.7 Å². The molecule has 1 N–H and O–H groups in total. The van der Waals surface area contributed by atoms with Gasteiger partial charge in [0.1, 0.15) is 11.6 Å². The maximum absolute atomic E-state index is 5.58. The largest absolute Gasteiger partial charge is 0.374 e. The molecule has 0 radical (unpaired) electrons. The molecule has 0 saturated carbocycles. The Labute approximate surface area is 91.1 Å². The van der Waals surface area contributed by atoms with Crippen LogP contribution in [0.2, 0.25) is 0 Å². The molecule has 1 aromatic rings. The summed E-state index contributed by atoms with van der Waals surface area (Å²) in [5.74, 6) is 1.62. The lowest BCUT2D eigenvalue weighted by Gasteiger charge is -2.25. The van der Waals surface area contributed by atoms with Gasteiger partial charge in [-0.2, -0.15) is 0 Å². The van der Waals surface area contributed by atoms with E-state index >= 15 is 0 Å². The Morgan fingerprint density at radius 3 is 2.80 bits per heavy atom. The van der Waals surface area contributed by atoms with Crippen molar-refractivity contribution in [3.8, 4) is 0 Å². The van der Waals surface area contributed by atoms with Gasteiger partial charge in [0, 0.05) is 19.3 Å². The zero-order valence-corrected chi connectivity index (χ0v) is 9.87. The van der Waals surface area contributed by atoms with Gasteiger partial charge in [-0.1, -0.05) is 0 Å². The number of nitrogens with zero attached hydrogens (tertiary/aromatic N) is 2. The molecule has 0 amide bonds.